The van der Waals surface area contributed by atoms with E-state index >= 15 is 0 Å². The lowest BCUT2D eigenvalue weighted by atomic mass is 10.0. The number of rotatable bonds is 5. The van der Waals surface area contributed by atoms with Crippen LogP contribution in [0, 0.1) is 28.9 Å². The highest BCUT2D eigenvalue weighted by molar-refractivity contribution is 5.98. The number of nitriles is 1. The van der Waals surface area contributed by atoms with Crippen molar-refractivity contribution in [2.45, 2.75) is 19.9 Å². The van der Waals surface area contributed by atoms with Gasteiger partial charge in [-0.1, -0.05) is 19.9 Å². The molecule has 162 valence electrons. The summed E-state index contributed by atoms with van der Waals surface area (Å²) in [7, 11) is 0. The van der Waals surface area contributed by atoms with Gasteiger partial charge in [0.1, 0.15) is 35.1 Å². The van der Waals surface area contributed by atoms with Gasteiger partial charge < -0.3 is 15.1 Å². The van der Waals surface area contributed by atoms with E-state index in [9.17, 15) is 23.6 Å². The Balaban J connectivity index is 1.69. The van der Waals surface area contributed by atoms with E-state index in [1.165, 1.54) is 6.07 Å². The van der Waals surface area contributed by atoms with E-state index in [1.54, 1.807) is 37.1 Å². The quantitative estimate of drug-likeness (QED) is 0.791. The molecule has 0 bridgehead atoms. The second kappa shape index (κ2) is 9.51. The Labute approximate surface area is 179 Å². The molecule has 2 amide bonds. The largest absolute Gasteiger partial charge is 0.352 e. The average Bonchev–Trinajstić information content (AvgIpc) is 2.76. The predicted molar refractivity (Wildman–Crippen MR) is 110 cm³/mol. The van der Waals surface area contributed by atoms with Crippen LogP contribution in [0.2, 0.25) is 0 Å². The second-order valence-electron chi connectivity index (χ2n) is 7.59. The molecule has 9 heteroatoms. The molecule has 1 aliphatic heterocycles. The molecule has 0 unspecified atom stereocenters. The molecule has 1 aromatic carbocycles. The Bertz CT molecular complexity index is 993. The monoisotopic (exact) mass is 427 g/mol. The van der Waals surface area contributed by atoms with E-state index in [4.69, 9.17) is 0 Å². The van der Waals surface area contributed by atoms with E-state index in [0.29, 0.717) is 37.6 Å². The molecule has 1 aliphatic rings. The van der Waals surface area contributed by atoms with Crippen LogP contribution < -0.4 is 10.2 Å². The molecule has 1 saturated heterocycles. The van der Waals surface area contributed by atoms with Crippen molar-refractivity contribution in [3.63, 3.8) is 0 Å². The van der Waals surface area contributed by atoms with Crippen molar-refractivity contribution in [2.75, 3.05) is 31.1 Å². The van der Waals surface area contributed by atoms with Gasteiger partial charge in [0.25, 0.3) is 5.91 Å². The number of hydrogen-bond donors (Lipinski definition) is 1. The van der Waals surface area contributed by atoms with Gasteiger partial charge in [0.05, 0.1) is 5.56 Å². The molecule has 7 nitrogen and oxygen atoms in total. The van der Waals surface area contributed by atoms with Crippen LogP contribution in [0.1, 0.15) is 29.8 Å². The highest BCUT2D eigenvalue weighted by Gasteiger charge is 2.32. The number of aromatic nitrogens is 1. The number of anilines is 1. The van der Waals surface area contributed by atoms with E-state index in [0.717, 1.165) is 12.1 Å². The van der Waals surface area contributed by atoms with Gasteiger partial charge in [0.15, 0.2) is 0 Å². The molecule has 0 saturated carbocycles. The summed E-state index contributed by atoms with van der Waals surface area (Å²) in [5.41, 5.74) is -0.244. The van der Waals surface area contributed by atoms with Crippen LogP contribution in [0.25, 0.3) is 0 Å². The molecule has 1 N–H and O–H groups in total. The van der Waals surface area contributed by atoms with Gasteiger partial charge in [-0.2, -0.15) is 5.26 Å². The Morgan fingerprint density at radius 2 is 1.74 bits per heavy atom. The van der Waals surface area contributed by atoms with Gasteiger partial charge in [-0.25, -0.2) is 13.8 Å². The number of nitrogens with zero attached hydrogens (tertiary/aromatic N) is 4. The van der Waals surface area contributed by atoms with Crippen LogP contribution in [-0.4, -0.2) is 53.9 Å². The molecular weight excluding hydrogens is 404 g/mol. The summed E-state index contributed by atoms with van der Waals surface area (Å²) in [6.07, 6.45) is 1.61. The molecule has 2 aromatic rings. The fourth-order valence-electron chi connectivity index (χ4n) is 3.51. The van der Waals surface area contributed by atoms with Crippen LogP contribution in [0.5, 0.6) is 0 Å². The predicted octanol–water partition coefficient (Wildman–Crippen LogP) is 2.33. The van der Waals surface area contributed by atoms with Crippen LogP contribution in [0.3, 0.4) is 0 Å². The number of piperazine rings is 1. The summed E-state index contributed by atoms with van der Waals surface area (Å²) in [5, 5.41) is 11.8. The van der Waals surface area contributed by atoms with Gasteiger partial charge in [-0.3, -0.25) is 9.59 Å². The molecule has 0 aliphatic carbocycles. The number of carbonyl (C=O) groups excluding carboxylic acids is 2. The fraction of sp³-hybridized carbons (Fsp3) is 0.364. The van der Waals surface area contributed by atoms with E-state index < -0.39 is 29.1 Å². The summed E-state index contributed by atoms with van der Waals surface area (Å²) >= 11 is 0. The average molecular weight is 427 g/mol. The lowest BCUT2D eigenvalue weighted by molar-refractivity contribution is -0.134. The van der Waals surface area contributed by atoms with Gasteiger partial charge in [-0.05, 0) is 30.2 Å². The molecule has 3 rings (SSSR count). The third kappa shape index (κ3) is 4.79. The maximum Gasteiger partial charge on any atom is 0.257 e. The third-order valence-electron chi connectivity index (χ3n) is 5.21. The lowest BCUT2D eigenvalue weighted by Crippen LogP contribution is -2.56. The first-order valence-corrected chi connectivity index (χ1v) is 9.97. The first-order valence-electron chi connectivity index (χ1n) is 9.97. The molecule has 1 aromatic heterocycles. The summed E-state index contributed by atoms with van der Waals surface area (Å²) in [4.78, 5) is 33.4. The Hall–Kier alpha value is -3.54. The SMILES string of the molecule is CC(C)[C@H](NC(=O)c1c(F)cccc1F)C(=O)N1CCN(c2ncccc2C#N)CC1. The number of nitrogens with one attached hydrogen (secondary N) is 1. The zero-order chi connectivity index (χ0) is 22.5. The van der Waals surface area contributed by atoms with Crippen molar-refractivity contribution < 1.29 is 18.4 Å². The maximum absolute atomic E-state index is 13.9. The molecule has 31 heavy (non-hydrogen) atoms. The van der Waals surface area contributed by atoms with Crippen molar-refractivity contribution in [3.05, 3.63) is 59.3 Å². The molecule has 1 atom stereocenters. The molecule has 0 spiro atoms. The van der Waals surface area contributed by atoms with Crippen molar-refractivity contribution in [1.82, 2.24) is 15.2 Å². The molecule has 2 heterocycles. The van der Waals surface area contributed by atoms with Crippen LogP contribution in [0.4, 0.5) is 14.6 Å². The highest BCUT2D eigenvalue weighted by Crippen LogP contribution is 2.19. The fourth-order valence-corrected chi connectivity index (χ4v) is 3.51. The van der Waals surface area contributed by atoms with Crippen molar-refractivity contribution in [2.24, 2.45) is 5.92 Å². The Kier molecular flexibility index (Phi) is 6.80. The van der Waals surface area contributed by atoms with Gasteiger partial charge in [0.2, 0.25) is 5.91 Å². The number of hydrogen-bond acceptors (Lipinski definition) is 5. The normalized spacial score (nSPS) is 14.8. The number of amides is 2. The molecule has 1 fully saturated rings. The number of pyridine rings is 1. The van der Waals surface area contributed by atoms with Crippen LogP contribution in [0.15, 0.2) is 36.5 Å². The highest BCUT2D eigenvalue weighted by atomic mass is 19.1. The zero-order valence-corrected chi connectivity index (χ0v) is 17.3. The van der Waals surface area contributed by atoms with Crippen molar-refractivity contribution >= 4 is 17.6 Å². The number of halogens is 2. The summed E-state index contributed by atoms with van der Waals surface area (Å²) < 4.78 is 27.9. The molecule has 0 radical (unpaired) electrons. The standard InChI is InChI=1S/C22H23F2N5O2/c1-14(2)19(27-21(30)18-16(23)6-3-7-17(18)24)22(31)29-11-9-28(10-12-29)20-15(13-25)5-4-8-26-20/h3-8,14,19H,9-12H2,1-2H3,(H,27,30)/t19-/m0/s1. The zero-order valence-electron chi connectivity index (χ0n) is 17.3. The number of carbonyl (C=O) groups is 2. The Morgan fingerprint density at radius 3 is 2.32 bits per heavy atom. The van der Waals surface area contributed by atoms with E-state index in [1.807, 2.05) is 4.90 Å². The van der Waals surface area contributed by atoms with E-state index in [-0.39, 0.29) is 11.8 Å². The van der Waals surface area contributed by atoms with Crippen molar-refractivity contribution in [1.29, 1.82) is 5.26 Å². The van der Waals surface area contributed by atoms with E-state index in [2.05, 4.69) is 16.4 Å². The van der Waals surface area contributed by atoms with Gasteiger partial charge >= 0.3 is 0 Å². The topological polar surface area (TPSA) is 89.3 Å². The summed E-state index contributed by atoms with van der Waals surface area (Å²) in [6.45, 7) is 5.19. The first-order chi connectivity index (χ1) is 14.8. The number of benzene rings is 1. The minimum Gasteiger partial charge on any atom is -0.352 e. The van der Waals surface area contributed by atoms with Crippen molar-refractivity contribution in [3.8, 4) is 6.07 Å². The molecular formula is C22H23F2N5O2. The minimum atomic E-state index is -0.982. The second-order valence-corrected chi connectivity index (χ2v) is 7.59. The maximum atomic E-state index is 13.9. The Morgan fingerprint density at radius 1 is 1.10 bits per heavy atom. The van der Waals surface area contributed by atoms with Crippen LogP contribution in [-0.2, 0) is 4.79 Å². The first kappa shape index (κ1) is 22.2. The smallest absolute Gasteiger partial charge is 0.257 e. The minimum absolute atomic E-state index is 0.287. The van der Waals surface area contributed by atoms with Crippen LogP contribution >= 0.6 is 0 Å². The third-order valence-corrected chi connectivity index (χ3v) is 5.21. The lowest BCUT2D eigenvalue weighted by Gasteiger charge is -2.38. The summed E-state index contributed by atoms with van der Waals surface area (Å²) in [6, 6.07) is 7.73. The van der Waals surface area contributed by atoms with Gasteiger partial charge in [0, 0.05) is 32.4 Å². The van der Waals surface area contributed by atoms with Gasteiger partial charge in [-0.15, -0.1) is 0 Å². The summed E-state index contributed by atoms with van der Waals surface area (Å²) in [5.74, 6) is -2.96.